The molecule has 0 bridgehead atoms. The number of aromatic nitrogens is 2. The summed E-state index contributed by atoms with van der Waals surface area (Å²) in [5.74, 6) is 0.329. The second-order valence-electron chi connectivity index (χ2n) is 3.82. The van der Waals surface area contributed by atoms with E-state index in [1.165, 1.54) is 0 Å². The van der Waals surface area contributed by atoms with Gasteiger partial charge in [-0.2, -0.15) is 0 Å². The van der Waals surface area contributed by atoms with Crippen molar-refractivity contribution in [2.45, 2.75) is 33.2 Å². The lowest BCUT2D eigenvalue weighted by Gasteiger charge is -2.08. The molecule has 1 rings (SSSR count). The van der Waals surface area contributed by atoms with Crippen LogP contribution in [-0.2, 0) is 0 Å². The molecule has 0 unspecified atom stereocenters. The maximum atomic E-state index is 11.6. The summed E-state index contributed by atoms with van der Waals surface area (Å²) in [4.78, 5) is 19.8. The van der Waals surface area contributed by atoms with Gasteiger partial charge in [-0.25, -0.2) is 9.97 Å². The van der Waals surface area contributed by atoms with Crippen LogP contribution in [0.2, 0.25) is 0 Å². The molecule has 0 saturated heterocycles. The average Bonchev–Trinajstić information content (AvgIpc) is 2.25. The molecule has 0 aliphatic carbocycles. The molecule has 1 aromatic rings. The number of amides is 1. The fourth-order valence-corrected chi connectivity index (χ4v) is 1.14. The Balaban J connectivity index is 2.69. The smallest absolute Gasteiger partial charge is 0.270 e. The van der Waals surface area contributed by atoms with Crippen molar-refractivity contribution in [3.8, 4) is 0 Å². The Bertz CT molecular complexity index is 352. The SMILES string of the molecule is CCCNC(=O)c1ccnc(NC(C)C)n1. The molecule has 0 fully saturated rings. The number of hydrogen-bond acceptors (Lipinski definition) is 4. The van der Waals surface area contributed by atoms with E-state index in [1.807, 2.05) is 20.8 Å². The summed E-state index contributed by atoms with van der Waals surface area (Å²) < 4.78 is 0. The summed E-state index contributed by atoms with van der Waals surface area (Å²) in [6.45, 7) is 6.65. The minimum absolute atomic E-state index is 0.156. The van der Waals surface area contributed by atoms with E-state index < -0.39 is 0 Å². The number of nitrogens with one attached hydrogen (secondary N) is 2. The molecule has 0 saturated carbocycles. The zero-order chi connectivity index (χ0) is 12.0. The van der Waals surface area contributed by atoms with Gasteiger partial charge in [-0.05, 0) is 26.3 Å². The van der Waals surface area contributed by atoms with Gasteiger partial charge < -0.3 is 10.6 Å². The van der Waals surface area contributed by atoms with E-state index in [-0.39, 0.29) is 11.9 Å². The van der Waals surface area contributed by atoms with E-state index in [0.29, 0.717) is 18.2 Å². The Morgan fingerprint density at radius 1 is 1.50 bits per heavy atom. The van der Waals surface area contributed by atoms with Crippen molar-refractivity contribution in [2.75, 3.05) is 11.9 Å². The van der Waals surface area contributed by atoms with Gasteiger partial charge in [0.25, 0.3) is 5.91 Å². The minimum atomic E-state index is -0.156. The zero-order valence-corrected chi connectivity index (χ0v) is 9.95. The zero-order valence-electron chi connectivity index (χ0n) is 9.95. The molecule has 16 heavy (non-hydrogen) atoms. The molecule has 0 aliphatic heterocycles. The number of anilines is 1. The fourth-order valence-electron chi connectivity index (χ4n) is 1.14. The first kappa shape index (κ1) is 12.4. The monoisotopic (exact) mass is 222 g/mol. The Morgan fingerprint density at radius 2 is 2.25 bits per heavy atom. The number of nitrogens with zero attached hydrogens (tertiary/aromatic N) is 2. The Hall–Kier alpha value is -1.65. The van der Waals surface area contributed by atoms with E-state index >= 15 is 0 Å². The van der Waals surface area contributed by atoms with E-state index in [0.717, 1.165) is 6.42 Å². The number of hydrogen-bond donors (Lipinski definition) is 2. The second kappa shape index (κ2) is 6.05. The Morgan fingerprint density at radius 3 is 2.88 bits per heavy atom. The highest BCUT2D eigenvalue weighted by molar-refractivity contribution is 5.92. The van der Waals surface area contributed by atoms with Crippen molar-refractivity contribution >= 4 is 11.9 Å². The maximum Gasteiger partial charge on any atom is 0.270 e. The van der Waals surface area contributed by atoms with Gasteiger partial charge in [0.15, 0.2) is 0 Å². The van der Waals surface area contributed by atoms with E-state index in [1.54, 1.807) is 12.3 Å². The normalized spacial score (nSPS) is 10.2. The molecule has 0 atom stereocenters. The second-order valence-corrected chi connectivity index (χ2v) is 3.82. The van der Waals surface area contributed by atoms with Crippen LogP contribution in [0.3, 0.4) is 0 Å². The van der Waals surface area contributed by atoms with Gasteiger partial charge >= 0.3 is 0 Å². The van der Waals surface area contributed by atoms with Gasteiger partial charge in [-0.1, -0.05) is 6.92 Å². The quantitative estimate of drug-likeness (QED) is 0.791. The van der Waals surface area contributed by atoms with Crippen LogP contribution in [-0.4, -0.2) is 28.5 Å². The summed E-state index contributed by atoms with van der Waals surface area (Å²) in [5, 5.41) is 5.83. The fraction of sp³-hybridized carbons (Fsp3) is 0.545. The van der Waals surface area contributed by atoms with E-state index in [9.17, 15) is 4.79 Å². The molecule has 88 valence electrons. The molecular weight excluding hydrogens is 204 g/mol. The van der Waals surface area contributed by atoms with Crippen molar-refractivity contribution in [3.63, 3.8) is 0 Å². The molecule has 1 heterocycles. The van der Waals surface area contributed by atoms with Gasteiger partial charge in [-0.3, -0.25) is 4.79 Å². The van der Waals surface area contributed by atoms with Gasteiger partial charge in [0, 0.05) is 18.8 Å². The molecule has 0 spiro atoms. The summed E-state index contributed by atoms with van der Waals surface area (Å²) in [6.07, 6.45) is 2.49. The number of carbonyl (C=O) groups is 1. The lowest BCUT2D eigenvalue weighted by atomic mass is 10.3. The summed E-state index contributed by atoms with van der Waals surface area (Å²) in [5.41, 5.74) is 0.395. The minimum Gasteiger partial charge on any atom is -0.352 e. The third kappa shape index (κ3) is 3.84. The van der Waals surface area contributed by atoms with Crippen molar-refractivity contribution in [1.29, 1.82) is 0 Å². The highest BCUT2D eigenvalue weighted by Gasteiger charge is 2.07. The van der Waals surface area contributed by atoms with Gasteiger partial charge in [0.05, 0.1) is 0 Å². The predicted molar refractivity (Wildman–Crippen MR) is 63.4 cm³/mol. The van der Waals surface area contributed by atoms with Crippen molar-refractivity contribution in [1.82, 2.24) is 15.3 Å². The van der Waals surface area contributed by atoms with Crippen LogP contribution >= 0.6 is 0 Å². The predicted octanol–water partition coefficient (Wildman–Crippen LogP) is 1.44. The van der Waals surface area contributed by atoms with Crippen LogP contribution in [0.1, 0.15) is 37.7 Å². The lowest BCUT2D eigenvalue weighted by Crippen LogP contribution is -2.25. The number of carbonyl (C=O) groups excluding carboxylic acids is 1. The average molecular weight is 222 g/mol. The molecule has 1 amide bonds. The third-order valence-corrected chi connectivity index (χ3v) is 1.84. The van der Waals surface area contributed by atoms with Crippen LogP contribution in [0.4, 0.5) is 5.95 Å². The summed E-state index contributed by atoms with van der Waals surface area (Å²) in [7, 11) is 0. The Kier molecular flexibility index (Phi) is 4.69. The maximum absolute atomic E-state index is 11.6. The molecule has 5 nitrogen and oxygen atoms in total. The summed E-state index contributed by atoms with van der Waals surface area (Å²) >= 11 is 0. The van der Waals surface area contributed by atoms with Crippen LogP contribution in [0.15, 0.2) is 12.3 Å². The Labute approximate surface area is 95.7 Å². The standard InChI is InChI=1S/C11H18N4O/c1-4-6-12-10(16)9-5-7-13-11(15-9)14-8(2)3/h5,7-8H,4,6H2,1-3H3,(H,12,16)(H,13,14,15). The van der Waals surface area contributed by atoms with Gasteiger partial charge in [0.2, 0.25) is 5.95 Å². The van der Waals surface area contributed by atoms with Gasteiger partial charge in [0.1, 0.15) is 5.69 Å². The topological polar surface area (TPSA) is 66.9 Å². The lowest BCUT2D eigenvalue weighted by molar-refractivity contribution is 0.0948. The number of rotatable bonds is 5. The van der Waals surface area contributed by atoms with Crippen LogP contribution < -0.4 is 10.6 Å². The van der Waals surface area contributed by atoms with Gasteiger partial charge in [-0.15, -0.1) is 0 Å². The van der Waals surface area contributed by atoms with Crippen molar-refractivity contribution < 1.29 is 4.79 Å². The molecule has 0 radical (unpaired) electrons. The molecular formula is C11H18N4O. The molecule has 0 aliphatic rings. The highest BCUT2D eigenvalue weighted by Crippen LogP contribution is 2.02. The molecule has 2 N–H and O–H groups in total. The first-order valence-corrected chi connectivity index (χ1v) is 5.51. The van der Waals surface area contributed by atoms with Crippen molar-refractivity contribution in [2.24, 2.45) is 0 Å². The van der Waals surface area contributed by atoms with E-state index in [2.05, 4.69) is 20.6 Å². The van der Waals surface area contributed by atoms with Crippen molar-refractivity contribution in [3.05, 3.63) is 18.0 Å². The molecule has 1 aromatic heterocycles. The molecule has 5 heteroatoms. The van der Waals surface area contributed by atoms with Crippen LogP contribution in [0.25, 0.3) is 0 Å². The van der Waals surface area contributed by atoms with E-state index in [4.69, 9.17) is 0 Å². The summed E-state index contributed by atoms with van der Waals surface area (Å²) in [6, 6.07) is 1.85. The first-order chi connectivity index (χ1) is 7.63. The highest BCUT2D eigenvalue weighted by atomic mass is 16.1. The molecule has 0 aromatic carbocycles. The van der Waals surface area contributed by atoms with Crippen LogP contribution in [0.5, 0.6) is 0 Å². The first-order valence-electron chi connectivity index (χ1n) is 5.51. The third-order valence-electron chi connectivity index (χ3n) is 1.84. The largest absolute Gasteiger partial charge is 0.352 e. The van der Waals surface area contributed by atoms with Crippen LogP contribution in [0, 0.1) is 0 Å².